The number of nitrogens with zero attached hydrogens (tertiary/aromatic N) is 2. The zero-order valence-electron chi connectivity index (χ0n) is 17.7. The predicted octanol–water partition coefficient (Wildman–Crippen LogP) is 3.79. The topological polar surface area (TPSA) is 132 Å². The normalized spacial score (nSPS) is 11.9. The number of ether oxygens (including phenoxy) is 1. The Morgan fingerprint density at radius 2 is 1.71 bits per heavy atom. The second-order valence-corrected chi connectivity index (χ2v) is 9.23. The van der Waals surface area contributed by atoms with E-state index in [1.54, 1.807) is 25.3 Å². The van der Waals surface area contributed by atoms with Crippen LogP contribution in [-0.4, -0.2) is 31.6 Å². The van der Waals surface area contributed by atoms with E-state index in [4.69, 9.17) is 21.3 Å². The standard InChI is InChI=1S/C23H25N5O2S/c1-14(2)31(29)19-10-8-17(9-11-19)20-13-27-15(3)21(28-20)23(26)30-22(25)18-6-4-16(12-24)5-7-18/h4-11,13-14,25-26H,12,24H2,1-3H3. The molecule has 0 bridgehead atoms. The van der Waals surface area contributed by atoms with Gasteiger partial charge in [-0.1, -0.05) is 12.1 Å². The lowest BCUT2D eigenvalue weighted by Crippen LogP contribution is -2.16. The minimum atomic E-state index is -1.06. The smallest absolute Gasteiger partial charge is 0.241 e. The second kappa shape index (κ2) is 9.82. The maximum atomic E-state index is 12.2. The van der Waals surface area contributed by atoms with Crippen LogP contribution in [0.5, 0.6) is 0 Å². The first kappa shape index (κ1) is 22.6. The molecule has 0 fully saturated rings. The Hall–Kier alpha value is -3.07. The van der Waals surface area contributed by atoms with Gasteiger partial charge >= 0.3 is 0 Å². The van der Waals surface area contributed by atoms with Crippen molar-refractivity contribution in [3.8, 4) is 11.3 Å². The highest BCUT2D eigenvalue weighted by atomic mass is 32.2. The molecule has 0 radical (unpaired) electrons. The maximum Gasteiger partial charge on any atom is 0.241 e. The van der Waals surface area contributed by atoms with Crippen LogP contribution in [0.25, 0.3) is 11.3 Å². The molecule has 7 nitrogen and oxygen atoms in total. The Morgan fingerprint density at radius 3 is 2.29 bits per heavy atom. The lowest BCUT2D eigenvalue weighted by atomic mass is 10.1. The summed E-state index contributed by atoms with van der Waals surface area (Å²) in [6.07, 6.45) is 1.62. The molecule has 0 spiro atoms. The number of aromatic nitrogens is 2. The lowest BCUT2D eigenvalue weighted by molar-refractivity contribution is 0.534. The van der Waals surface area contributed by atoms with Crippen molar-refractivity contribution in [2.45, 2.75) is 37.5 Å². The molecule has 3 aromatic rings. The summed E-state index contributed by atoms with van der Waals surface area (Å²) in [5.74, 6) is -0.405. The molecule has 0 saturated carbocycles. The molecule has 0 amide bonds. The molecule has 0 aliphatic heterocycles. The molecule has 0 aliphatic carbocycles. The van der Waals surface area contributed by atoms with E-state index in [2.05, 4.69) is 9.97 Å². The van der Waals surface area contributed by atoms with Crippen molar-refractivity contribution in [1.82, 2.24) is 9.97 Å². The van der Waals surface area contributed by atoms with E-state index < -0.39 is 11.2 Å². The largest absolute Gasteiger partial charge is 0.611 e. The molecular formula is C23H25N5O2S. The molecule has 4 N–H and O–H groups in total. The molecule has 3 rings (SSSR count). The fourth-order valence-electron chi connectivity index (χ4n) is 2.84. The summed E-state index contributed by atoms with van der Waals surface area (Å²) in [5.41, 5.74) is 9.23. The highest BCUT2D eigenvalue weighted by Crippen LogP contribution is 2.22. The summed E-state index contributed by atoms with van der Waals surface area (Å²) >= 11 is -1.06. The number of aryl methyl sites for hydroxylation is 1. The summed E-state index contributed by atoms with van der Waals surface area (Å²) in [4.78, 5) is 9.62. The fourth-order valence-corrected chi connectivity index (χ4v) is 3.79. The Morgan fingerprint density at radius 1 is 1.06 bits per heavy atom. The van der Waals surface area contributed by atoms with E-state index in [1.165, 1.54) is 0 Å². The molecule has 0 aliphatic rings. The van der Waals surface area contributed by atoms with Gasteiger partial charge in [-0.15, -0.1) is 0 Å². The maximum absolute atomic E-state index is 12.2. The van der Waals surface area contributed by atoms with Gasteiger partial charge in [-0.3, -0.25) is 15.8 Å². The first-order chi connectivity index (χ1) is 14.8. The van der Waals surface area contributed by atoms with E-state index in [0.717, 1.165) is 16.0 Å². The first-order valence-electron chi connectivity index (χ1n) is 9.79. The van der Waals surface area contributed by atoms with Crippen molar-refractivity contribution in [3.05, 3.63) is 77.2 Å². The Labute approximate surface area is 184 Å². The minimum absolute atomic E-state index is 0.0380. The third-order valence-electron chi connectivity index (χ3n) is 4.64. The molecule has 160 valence electrons. The van der Waals surface area contributed by atoms with Crippen LogP contribution in [0.1, 0.15) is 36.4 Å². The van der Waals surface area contributed by atoms with Crippen LogP contribution in [0.2, 0.25) is 0 Å². The number of benzene rings is 2. The summed E-state index contributed by atoms with van der Waals surface area (Å²) in [5, 5.41) is 16.5. The van der Waals surface area contributed by atoms with E-state index in [9.17, 15) is 4.55 Å². The van der Waals surface area contributed by atoms with Gasteiger partial charge in [-0.2, -0.15) is 0 Å². The van der Waals surface area contributed by atoms with E-state index >= 15 is 0 Å². The van der Waals surface area contributed by atoms with E-state index in [1.807, 2.05) is 50.2 Å². The Balaban J connectivity index is 1.80. The van der Waals surface area contributed by atoms with Gasteiger partial charge in [-0.25, -0.2) is 4.98 Å². The first-order valence-corrected chi connectivity index (χ1v) is 11.0. The minimum Gasteiger partial charge on any atom is -0.611 e. The Bertz CT molecular complexity index is 1080. The van der Waals surface area contributed by atoms with Gasteiger partial charge in [0, 0.05) is 17.7 Å². The number of hydrogen-bond donors (Lipinski definition) is 3. The zero-order valence-corrected chi connectivity index (χ0v) is 18.5. The zero-order chi connectivity index (χ0) is 22.5. The van der Waals surface area contributed by atoms with Crippen molar-refractivity contribution in [2.24, 2.45) is 5.73 Å². The van der Waals surface area contributed by atoms with Crippen LogP contribution in [0.3, 0.4) is 0 Å². The highest BCUT2D eigenvalue weighted by Gasteiger charge is 2.17. The number of rotatable bonds is 6. The van der Waals surface area contributed by atoms with Crippen LogP contribution in [0, 0.1) is 17.7 Å². The van der Waals surface area contributed by atoms with Gasteiger partial charge in [-0.05, 0) is 73.9 Å². The van der Waals surface area contributed by atoms with Crippen molar-refractivity contribution >= 4 is 23.0 Å². The molecule has 1 aromatic heterocycles. The average Bonchev–Trinajstić information content (AvgIpc) is 2.78. The Kier molecular flexibility index (Phi) is 7.17. The van der Waals surface area contributed by atoms with Crippen LogP contribution in [-0.2, 0) is 22.5 Å². The third kappa shape index (κ3) is 5.35. The van der Waals surface area contributed by atoms with Gasteiger partial charge in [0.2, 0.25) is 11.8 Å². The quantitative estimate of drug-likeness (QED) is 0.308. The van der Waals surface area contributed by atoms with Crippen LogP contribution >= 0.6 is 0 Å². The fraction of sp³-hybridized carbons (Fsp3) is 0.217. The summed E-state index contributed by atoms with van der Waals surface area (Å²) < 4.78 is 17.7. The van der Waals surface area contributed by atoms with Crippen LogP contribution in [0.15, 0.2) is 59.6 Å². The monoisotopic (exact) mass is 435 g/mol. The molecule has 8 heteroatoms. The number of hydrogen-bond acceptors (Lipinski definition) is 7. The molecule has 1 unspecified atom stereocenters. The van der Waals surface area contributed by atoms with E-state index in [0.29, 0.717) is 23.5 Å². The van der Waals surface area contributed by atoms with Gasteiger partial charge in [0.15, 0.2) is 4.90 Å². The van der Waals surface area contributed by atoms with Gasteiger partial charge in [0.05, 0.1) is 17.6 Å². The SMILES string of the molecule is Cc1ncc(-c2ccc([S+]([O-])C(C)C)cc2)nc1C(=N)OC(=N)c1ccc(CN)cc1. The van der Waals surface area contributed by atoms with Crippen LogP contribution in [0.4, 0.5) is 0 Å². The van der Waals surface area contributed by atoms with E-state index in [-0.39, 0.29) is 22.7 Å². The summed E-state index contributed by atoms with van der Waals surface area (Å²) in [6, 6.07) is 14.4. The van der Waals surface area contributed by atoms with Crippen molar-refractivity contribution < 1.29 is 9.29 Å². The highest BCUT2D eigenvalue weighted by molar-refractivity contribution is 7.92. The molecule has 0 saturated heterocycles. The van der Waals surface area contributed by atoms with Gasteiger partial charge < -0.3 is 15.0 Å². The molecular weight excluding hydrogens is 410 g/mol. The summed E-state index contributed by atoms with van der Waals surface area (Å²) in [6.45, 7) is 5.98. The van der Waals surface area contributed by atoms with Crippen molar-refractivity contribution in [1.29, 1.82) is 10.8 Å². The van der Waals surface area contributed by atoms with Gasteiger partial charge in [0.25, 0.3) is 0 Å². The predicted molar refractivity (Wildman–Crippen MR) is 123 cm³/mol. The molecule has 1 atom stereocenters. The van der Waals surface area contributed by atoms with Gasteiger partial charge in [0.1, 0.15) is 10.9 Å². The lowest BCUT2D eigenvalue weighted by Gasteiger charge is -2.14. The average molecular weight is 436 g/mol. The number of nitrogens with two attached hydrogens (primary N) is 1. The van der Waals surface area contributed by atoms with Crippen molar-refractivity contribution in [3.63, 3.8) is 0 Å². The molecule has 2 aromatic carbocycles. The molecule has 31 heavy (non-hydrogen) atoms. The third-order valence-corrected chi connectivity index (χ3v) is 6.23. The second-order valence-electron chi connectivity index (χ2n) is 7.22. The number of nitrogens with one attached hydrogen (secondary N) is 2. The van der Waals surface area contributed by atoms with Crippen LogP contribution < -0.4 is 5.73 Å². The molecule has 1 heterocycles. The summed E-state index contributed by atoms with van der Waals surface area (Å²) in [7, 11) is 0. The van der Waals surface area contributed by atoms with Crippen molar-refractivity contribution in [2.75, 3.05) is 0 Å².